The van der Waals surface area contributed by atoms with E-state index in [-0.39, 0.29) is 66.6 Å². The van der Waals surface area contributed by atoms with Gasteiger partial charge in [-0.05, 0) is 58.4 Å². The van der Waals surface area contributed by atoms with Gasteiger partial charge in [0.05, 0.1) is 49.1 Å². The zero-order chi connectivity index (χ0) is 33.0. The fourth-order valence-corrected chi connectivity index (χ4v) is 5.96. The Morgan fingerprint density at radius 2 is 1.82 bits per heavy atom. The molecule has 11 nitrogen and oxygen atoms in total. The van der Waals surface area contributed by atoms with Gasteiger partial charge >= 0.3 is 11.9 Å². The monoisotopic (exact) mass is 632 g/mol. The second kappa shape index (κ2) is 17.6. The predicted molar refractivity (Wildman–Crippen MR) is 168 cm³/mol. The molecule has 0 bridgehead atoms. The van der Waals surface area contributed by atoms with Crippen molar-refractivity contribution in [1.82, 2.24) is 10.6 Å². The summed E-state index contributed by atoms with van der Waals surface area (Å²) in [6, 6.07) is -0.110. The van der Waals surface area contributed by atoms with Gasteiger partial charge in [-0.15, -0.1) is 0 Å². The molecule has 0 saturated carbocycles. The Balaban J connectivity index is 1.42. The zero-order valence-electron chi connectivity index (χ0n) is 27.4. The van der Waals surface area contributed by atoms with Crippen LogP contribution in [-0.4, -0.2) is 84.2 Å². The summed E-state index contributed by atoms with van der Waals surface area (Å²) in [7, 11) is 0. The smallest absolute Gasteiger partial charge is 0.303 e. The maximum atomic E-state index is 12.5. The van der Waals surface area contributed by atoms with Crippen molar-refractivity contribution in [2.45, 2.75) is 135 Å². The summed E-state index contributed by atoms with van der Waals surface area (Å²) >= 11 is 0. The molecule has 3 aliphatic heterocycles. The van der Waals surface area contributed by atoms with Gasteiger partial charge in [0.2, 0.25) is 11.8 Å². The second-order valence-electron chi connectivity index (χ2n) is 12.9. The Hall–Kier alpha value is -3.02. The summed E-state index contributed by atoms with van der Waals surface area (Å²) < 4.78 is 23.4. The minimum absolute atomic E-state index is 0.0326. The number of carboxylic acid groups (broad SMARTS) is 1. The summed E-state index contributed by atoms with van der Waals surface area (Å²) in [5.41, 5.74) is 0.897. The van der Waals surface area contributed by atoms with Crippen LogP contribution in [0.4, 0.5) is 0 Å². The molecule has 45 heavy (non-hydrogen) atoms. The number of ether oxygens (including phenoxy) is 4. The van der Waals surface area contributed by atoms with E-state index < -0.39 is 18.0 Å². The van der Waals surface area contributed by atoms with Gasteiger partial charge in [0.25, 0.3) is 0 Å². The molecule has 3 heterocycles. The molecule has 252 valence electrons. The summed E-state index contributed by atoms with van der Waals surface area (Å²) in [5, 5.41) is 14.7. The maximum absolute atomic E-state index is 12.5. The largest absolute Gasteiger partial charge is 0.481 e. The van der Waals surface area contributed by atoms with E-state index >= 15 is 0 Å². The van der Waals surface area contributed by atoms with E-state index in [4.69, 9.17) is 24.1 Å². The number of carboxylic acids is 1. The highest BCUT2D eigenvalue weighted by Gasteiger charge is 2.51. The van der Waals surface area contributed by atoms with E-state index in [1.807, 2.05) is 13.8 Å². The average molecular weight is 633 g/mol. The third-order valence-electron chi connectivity index (χ3n) is 8.56. The molecule has 3 aliphatic rings. The first kappa shape index (κ1) is 36.4. The molecule has 0 aromatic rings. The van der Waals surface area contributed by atoms with Gasteiger partial charge in [-0.25, -0.2) is 0 Å². The number of epoxide rings is 1. The number of rotatable bonds is 16. The van der Waals surface area contributed by atoms with Gasteiger partial charge in [-0.1, -0.05) is 37.1 Å². The Kier molecular flexibility index (Phi) is 14.3. The SMILES string of the molecule is CC(=O)OC(C)C=CC(=O)NC1CC(C)C(CC=C(C)C=CC2CC3(CO3)CC(CC(=O)NCCCCCC(=O)O)O2)OC1C. The van der Waals surface area contributed by atoms with Crippen molar-refractivity contribution in [3.63, 3.8) is 0 Å². The fourth-order valence-electron chi connectivity index (χ4n) is 5.96. The van der Waals surface area contributed by atoms with E-state index in [1.165, 1.54) is 13.0 Å². The topological polar surface area (TPSA) is 153 Å². The van der Waals surface area contributed by atoms with Crippen LogP contribution >= 0.6 is 0 Å². The molecule has 3 fully saturated rings. The number of carbonyl (C=O) groups is 4. The number of hydrogen-bond acceptors (Lipinski definition) is 8. The number of amides is 2. The summed E-state index contributed by atoms with van der Waals surface area (Å²) in [4.78, 5) is 46.5. The van der Waals surface area contributed by atoms with Gasteiger partial charge in [0.1, 0.15) is 6.10 Å². The van der Waals surface area contributed by atoms with Crippen LogP contribution in [0.5, 0.6) is 0 Å². The highest BCUT2D eigenvalue weighted by Crippen LogP contribution is 2.43. The third kappa shape index (κ3) is 13.5. The van der Waals surface area contributed by atoms with Gasteiger partial charge < -0.3 is 34.7 Å². The van der Waals surface area contributed by atoms with Crippen LogP contribution in [-0.2, 0) is 38.1 Å². The van der Waals surface area contributed by atoms with Gasteiger partial charge in [0, 0.05) is 38.8 Å². The average Bonchev–Trinajstić information content (AvgIpc) is 3.70. The van der Waals surface area contributed by atoms with Crippen molar-refractivity contribution in [3.8, 4) is 0 Å². The first-order valence-electron chi connectivity index (χ1n) is 16.3. The first-order valence-corrected chi connectivity index (χ1v) is 16.3. The molecule has 0 radical (unpaired) electrons. The number of aliphatic carboxylic acids is 1. The van der Waals surface area contributed by atoms with Crippen molar-refractivity contribution in [2.75, 3.05) is 13.2 Å². The molecule has 3 rings (SSSR count). The molecule has 8 atom stereocenters. The maximum Gasteiger partial charge on any atom is 0.303 e. The van der Waals surface area contributed by atoms with Crippen LogP contribution in [0.15, 0.2) is 36.0 Å². The summed E-state index contributed by atoms with van der Waals surface area (Å²) in [6.45, 7) is 10.4. The fraction of sp³-hybridized carbons (Fsp3) is 0.706. The highest BCUT2D eigenvalue weighted by atomic mass is 16.6. The van der Waals surface area contributed by atoms with Crippen molar-refractivity contribution >= 4 is 23.8 Å². The molecule has 0 aliphatic carbocycles. The Morgan fingerprint density at radius 1 is 1.07 bits per heavy atom. The van der Waals surface area contributed by atoms with Crippen LogP contribution in [0.3, 0.4) is 0 Å². The molecule has 0 aromatic heterocycles. The lowest BCUT2D eigenvalue weighted by Crippen LogP contribution is -2.50. The lowest BCUT2D eigenvalue weighted by molar-refractivity contribution is -0.143. The number of allylic oxidation sites excluding steroid dienone is 2. The van der Waals surface area contributed by atoms with Gasteiger partial charge in [0.15, 0.2) is 0 Å². The predicted octanol–water partition coefficient (Wildman–Crippen LogP) is 4.15. The normalized spacial score (nSPS) is 30.7. The molecular formula is C34H52N2O9. The molecule has 8 unspecified atom stereocenters. The van der Waals surface area contributed by atoms with Crippen LogP contribution in [0.25, 0.3) is 0 Å². The number of unbranched alkanes of at least 4 members (excludes halogenated alkanes) is 2. The second-order valence-corrected chi connectivity index (χ2v) is 12.9. The summed E-state index contributed by atoms with van der Waals surface area (Å²) in [5.74, 6) is -1.24. The number of carbonyl (C=O) groups excluding carboxylic acids is 3. The van der Waals surface area contributed by atoms with Crippen LogP contribution in [0, 0.1) is 5.92 Å². The van der Waals surface area contributed by atoms with Crippen LogP contribution in [0.2, 0.25) is 0 Å². The van der Waals surface area contributed by atoms with Crippen molar-refractivity contribution in [3.05, 3.63) is 36.0 Å². The molecule has 3 saturated heterocycles. The molecule has 3 N–H and O–H groups in total. The minimum atomic E-state index is -0.793. The number of esters is 1. The van der Waals surface area contributed by atoms with Crippen molar-refractivity contribution in [1.29, 1.82) is 0 Å². The molecular weight excluding hydrogens is 580 g/mol. The molecule has 0 aromatic carbocycles. The molecule has 1 spiro atoms. The number of nitrogens with one attached hydrogen (secondary N) is 2. The van der Waals surface area contributed by atoms with Gasteiger partial charge in [-0.2, -0.15) is 0 Å². The zero-order valence-corrected chi connectivity index (χ0v) is 27.4. The first-order chi connectivity index (χ1) is 21.3. The van der Waals surface area contributed by atoms with Crippen LogP contribution < -0.4 is 10.6 Å². The molecule has 2 amide bonds. The Bertz CT molecular complexity index is 1110. The van der Waals surface area contributed by atoms with Crippen molar-refractivity contribution in [2.24, 2.45) is 5.92 Å². The van der Waals surface area contributed by atoms with E-state index in [9.17, 15) is 19.2 Å². The minimum Gasteiger partial charge on any atom is -0.481 e. The standard InChI is InChI=1S/C34H52N2O9/c1-22(11-14-30-23(2)17-29(25(4)44-30)36-31(38)15-12-24(3)43-26(5)37)10-13-27-19-34(21-42-34)20-28(45-27)18-32(39)35-16-8-6-7-9-33(40)41/h10-13,15,23-25,27-30H,6-9,14,16-21H2,1-5H3,(H,35,39)(H,36,38)(H,40,41). The molecule has 11 heteroatoms. The van der Waals surface area contributed by atoms with Gasteiger partial charge in [-0.3, -0.25) is 19.2 Å². The lowest BCUT2D eigenvalue weighted by atomic mass is 9.88. The number of hydrogen-bond donors (Lipinski definition) is 3. The lowest BCUT2D eigenvalue weighted by Gasteiger charge is -2.39. The van der Waals surface area contributed by atoms with E-state index in [2.05, 4.69) is 35.8 Å². The Labute approximate surface area is 267 Å². The highest BCUT2D eigenvalue weighted by molar-refractivity contribution is 5.87. The van der Waals surface area contributed by atoms with Crippen molar-refractivity contribution < 1.29 is 43.2 Å². The summed E-state index contributed by atoms with van der Waals surface area (Å²) in [6.07, 6.45) is 13.9. The Morgan fingerprint density at radius 3 is 2.51 bits per heavy atom. The van der Waals surface area contributed by atoms with E-state index in [0.717, 1.165) is 37.7 Å². The third-order valence-corrected chi connectivity index (χ3v) is 8.56. The van der Waals surface area contributed by atoms with E-state index in [1.54, 1.807) is 13.0 Å². The van der Waals surface area contributed by atoms with Crippen LogP contribution in [0.1, 0.15) is 92.4 Å². The quantitative estimate of drug-likeness (QED) is 0.0749. The van der Waals surface area contributed by atoms with E-state index in [0.29, 0.717) is 26.0 Å².